The Morgan fingerprint density at radius 3 is 1.22 bits per heavy atom. The van der Waals surface area contributed by atoms with Gasteiger partial charge in [-0.3, -0.25) is 0 Å². The average Bonchev–Trinajstić information content (AvgIpc) is 2.86. The second kappa shape index (κ2) is 10.9. The Balaban J connectivity index is 1.51. The van der Waals surface area contributed by atoms with Crippen molar-refractivity contribution in [3.05, 3.63) is 143 Å². The first-order valence-electron chi connectivity index (χ1n) is 10.3. The fourth-order valence-corrected chi connectivity index (χ4v) is 2.96. The molecule has 0 spiro atoms. The Bertz CT molecular complexity index is 1250. The Hall–Kier alpha value is -4.66. The maximum absolute atomic E-state index is 4.24. The second-order valence-corrected chi connectivity index (χ2v) is 6.90. The number of benzene rings is 4. The molecule has 0 aliphatic rings. The normalized spacial score (nSPS) is 10.4. The van der Waals surface area contributed by atoms with E-state index in [2.05, 4.69) is 33.9 Å². The molecule has 4 aromatic rings. The molecular formula is C30H20N2. The predicted octanol–water partition coefficient (Wildman–Crippen LogP) is 5.94. The van der Waals surface area contributed by atoms with E-state index in [0.717, 1.165) is 33.4 Å². The summed E-state index contributed by atoms with van der Waals surface area (Å²) in [6.07, 6.45) is 3.45. The Labute approximate surface area is 189 Å². The van der Waals surface area contributed by atoms with E-state index in [-0.39, 0.29) is 0 Å². The van der Waals surface area contributed by atoms with E-state index < -0.39 is 0 Å². The lowest BCUT2D eigenvalue weighted by Crippen LogP contribution is -1.89. The molecule has 150 valence electrons. The Kier molecular flexibility index (Phi) is 7.04. The standard InChI is InChI=1S/C30H20N2/c1-3-11-25(12-4-1)19-21-27-15-7-9-17-29(27)23-31-32-24-30-18-10-8-16-28(30)22-20-26-13-5-2-6-14-26/h1-18,23-24H/b31-23+,32-24+. The Morgan fingerprint density at radius 1 is 0.406 bits per heavy atom. The molecule has 0 aliphatic carbocycles. The highest BCUT2D eigenvalue weighted by Crippen LogP contribution is 2.07. The van der Waals surface area contributed by atoms with Crippen LogP contribution >= 0.6 is 0 Å². The van der Waals surface area contributed by atoms with Crippen LogP contribution < -0.4 is 0 Å². The van der Waals surface area contributed by atoms with E-state index in [1.165, 1.54) is 0 Å². The van der Waals surface area contributed by atoms with Gasteiger partial charge in [0.25, 0.3) is 0 Å². The van der Waals surface area contributed by atoms with Gasteiger partial charge in [0.15, 0.2) is 0 Å². The topological polar surface area (TPSA) is 24.7 Å². The van der Waals surface area contributed by atoms with Crippen molar-refractivity contribution in [2.24, 2.45) is 10.2 Å². The highest BCUT2D eigenvalue weighted by molar-refractivity contribution is 5.86. The van der Waals surface area contributed by atoms with Crippen molar-refractivity contribution < 1.29 is 0 Å². The van der Waals surface area contributed by atoms with Crippen LogP contribution in [0.15, 0.2) is 119 Å². The molecule has 0 N–H and O–H groups in total. The Morgan fingerprint density at radius 2 is 0.781 bits per heavy atom. The molecule has 0 amide bonds. The third kappa shape index (κ3) is 5.92. The summed E-state index contributed by atoms with van der Waals surface area (Å²) < 4.78 is 0. The molecular weight excluding hydrogens is 388 g/mol. The van der Waals surface area contributed by atoms with Crippen molar-refractivity contribution in [3.8, 4) is 23.7 Å². The van der Waals surface area contributed by atoms with Crippen molar-refractivity contribution in [1.82, 2.24) is 0 Å². The van der Waals surface area contributed by atoms with E-state index in [9.17, 15) is 0 Å². The van der Waals surface area contributed by atoms with E-state index in [1.54, 1.807) is 12.4 Å². The van der Waals surface area contributed by atoms with Crippen molar-refractivity contribution in [1.29, 1.82) is 0 Å². The highest BCUT2D eigenvalue weighted by Gasteiger charge is 1.97. The number of rotatable bonds is 3. The number of nitrogens with zero attached hydrogens (tertiary/aromatic N) is 2. The van der Waals surface area contributed by atoms with Gasteiger partial charge in [-0.2, -0.15) is 10.2 Å². The van der Waals surface area contributed by atoms with Crippen LogP contribution in [0, 0.1) is 23.7 Å². The molecule has 4 rings (SSSR count). The van der Waals surface area contributed by atoms with Crippen molar-refractivity contribution in [3.63, 3.8) is 0 Å². The third-order valence-electron chi connectivity index (χ3n) is 4.61. The zero-order valence-electron chi connectivity index (χ0n) is 17.4. The van der Waals surface area contributed by atoms with Gasteiger partial charge < -0.3 is 0 Å². The van der Waals surface area contributed by atoms with Crippen LogP contribution in [-0.4, -0.2) is 12.4 Å². The SMILES string of the molecule is C(#Cc1ccccc1/C=N/N=C/c1ccccc1C#Cc1ccccc1)c1ccccc1. The first-order chi connectivity index (χ1) is 15.9. The summed E-state index contributed by atoms with van der Waals surface area (Å²) in [7, 11) is 0. The van der Waals surface area contributed by atoms with Crippen molar-refractivity contribution >= 4 is 12.4 Å². The van der Waals surface area contributed by atoms with Gasteiger partial charge in [-0.1, -0.05) is 96.5 Å². The van der Waals surface area contributed by atoms with Gasteiger partial charge in [0.1, 0.15) is 0 Å². The van der Waals surface area contributed by atoms with Gasteiger partial charge in [-0.05, 0) is 36.4 Å². The summed E-state index contributed by atoms with van der Waals surface area (Å²) in [4.78, 5) is 0. The number of hydrogen-bond acceptors (Lipinski definition) is 2. The lowest BCUT2D eigenvalue weighted by atomic mass is 10.1. The minimum absolute atomic E-state index is 0.907. The average molecular weight is 409 g/mol. The molecule has 0 unspecified atom stereocenters. The van der Waals surface area contributed by atoms with Gasteiger partial charge in [-0.25, -0.2) is 0 Å². The van der Waals surface area contributed by atoms with Gasteiger partial charge in [0.05, 0.1) is 12.4 Å². The van der Waals surface area contributed by atoms with Gasteiger partial charge >= 0.3 is 0 Å². The lowest BCUT2D eigenvalue weighted by Gasteiger charge is -1.97. The van der Waals surface area contributed by atoms with Crippen molar-refractivity contribution in [2.75, 3.05) is 0 Å². The molecule has 0 saturated heterocycles. The quantitative estimate of drug-likeness (QED) is 0.228. The third-order valence-corrected chi connectivity index (χ3v) is 4.61. The maximum Gasteiger partial charge on any atom is 0.0580 e. The molecule has 0 aromatic heterocycles. The molecule has 4 aromatic carbocycles. The maximum atomic E-state index is 4.24. The zero-order chi connectivity index (χ0) is 21.8. The molecule has 2 nitrogen and oxygen atoms in total. The molecule has 0 heterocycles. The minimum atomic E-state index is 0.907. The molecule has 0 radical (unpaired) electrons. The summed E-state index contributed by atoms with van der Waals surface area (Å²) >= 11 is 0. The first-order valence-corrected chi connectivity index (χ1v) is 10.3. The molecule has 32 heavy (non-hydrogen) atoms. The van der Waals surface area contributed by atoms with E-state index >= 15 is 0 Å². The van der Waals surface area contributed by atoms with E-state index in [0.29, 0.717) is 0 Å². The summed E-state index contributed by atoms with van der Waals surface area (Å²) in [5.41, 5.74) is 5.61. The van der Waals surface area contributed by atoms with Crippen LogP contribution in [0.4, 0.5) is 0 Å². The van der Waals surface area contributed by atoms with Gasteiger partial charge in [0.2, 0.25) is 0 Å². The van der Waals surface area contributed by atoms with Crippen molar-refractivity contribution in [2.45, 2.75) is 0 Å². The fraction of sp³-hybridized carbons (Fsp3) is 0. The van der Waals surface area contributed by atoms with Gasteiger partial charge in [0, 0.05) is 33.4 Å². The van der Waals surface area contributed by atoms with E-state index in [4.69, 9.17) is 0 Å². The summed E-state index contributed by atoms with van der Waals surface area (Å²) in [5.74, 6) is 12.8. The van der Waals surface area contributed by atoms with Crippen LogP contribution in [0.3, 0.4) is 0 Å². The highest BCUT2D eigenvalue weighted by atomic mass is 15.2. The lowest BCUT2D eigenvalue weighted by molar-refractivity contribution is 1.26. The summed E-state index contributed by atoms with van der Waals surface area (Å²) in [6.45, 7) is 0. The zero-order valence-corrected chi connectivity index (χ0v) is 17.4. The predicted molar refractivity (Wildman–Crippen MR) is 133 cm³/mol. The smallest absolute Gasteiger partial charge is 0.0580 e. The summed E-state index contributed by atoms with van der Waals surface area (Å²) in [5, 5.41) is 8.48. The fourth-order valence-electron chi connectivity index (χ4n) is 2.96. The molecule has 0 atom stereocenters. The second-order valence-electron chi connectivity index (χ2n) is 6.90. The molecule has 2 heteroatoms. The van der Waals surface area contributed by atoms with Crippen LogP contribution in [0.25, 0.3) is 0 Å². The minimum Gasteiger partial charge on any atom is -0.158 e. The molecule has 0 fully saturated rings. The summed E-state index contributed by atoms with van der Waals surface area (Å²) in [6, 6.07) is 35.6. The van der Waals surface area contributed by atoms with Crippen LogP contribution in [0.2, 0.25) is 0 Å². The molecule has 0 aliphatic heterocycles. The van der Waals surface area contributed by atoms with E-state index in [1.807, 2.05) is 109 Å². The van der Waals surface area contributed by atoms with Gasteiger partial charge in [-0.15, -0.1) is 0 Å². The van der Waals surface area contributed by atoms with Crippen LogP contribution in [-0.2, 0) is 0 Å². The van der Waals surface area contributed by atoms with Crippen LogP contribution in [0.5, 0.6) is 0 Å². The van der Waals surface area contributed by atoms with Crippen LogP contribution in [0.1, 0.15) is 33.4 Å². The largest absolute Gasteiger partial charge is 0.158 e. The first kappa shape index (κ1) is 20.6. The molecule has 0 bridgehead atoms. The monoisotopic (exact) mass is 408 g/mol. The number of hydrogen-bond donors (Lipinski definition) is 0. The molecule has 0 saturated carbocycles.